The molecule has 1 atom stereocenters. The molecule has 2 aromatic carbocycles. The molecule has 0 saturated heterocycles. The van der Waals surface area contributed by atoms with Gasteiger partial charge in [-0.2, -0.15) is 0 Å². The van der Waals surface area contributed by atoms with E-state index in [1.165, 1.54) is 16.7 Å². The van der Waals surface area contributed by atoms with Gasteiger partial charge in [-0.15, -0.1) is 0 Å². The van der Waals surface area contributed by atoms with Crippen molar-refractivity contribution < 1.29 is 5.11 Å². The number of benzene rings is 2. The quantitative estimate of drug-likeness (QED) is 0.815. The molecule has 2 N–H and O–H groups in total. The standard InChI is InChI=1S/C19H25NO/c1-15(2)18-10-8-17(9-11-18)13-20-19(14-21)12-16-6-4-3-5-7-16/h3-11,15,19-21H,12-14H2,1-2H3/t19-/m1/s1. The zero-order valence-electron chi connectivity index (χ0n) is 12.9. The molecule has 0 bridgehead atoms. The molecular formula is C19H25NO. The monoisotopic (exact) mass is 283 g/mol. The van der Waals surface area contributed by atoms with Gasteiger partial charge < -0.3 is 10.4 Å². The van der Waals surface area contributed by atoms with E-state index in [4.69, 9.17) is 0 Å². The van der Waals surface area contributed by atoms with Crippen LogP contribution in [-0.4, -0.2) is 17.8 Å². The summed E-state index contributed by atoms with van der Waals surface area (Å²) in [7, 11) is 0. The Kier molecular flexibility index (Phi) is 5.97. The van der Waals surface area contributed by atoms with Crippen LogP contribution in [0.15, 0.2) is 54.6 Å². The predicted octanol–water partition coefficient (Wildman–Crippen LogP) is 3.50. The summed E-state index contributed by atoms with van der Waals surface area (Å²) < 4.78 is 0. The first kappa shape index (κ1) is 15.7. The summed E-state index contributed by atoms with van der Waals surface area (Å²) in [5.41, 5.74) is 3.87. The Labute approximate surface area is 127 Å². The molecule has 0 aromatic heterocycles. The number of rotatable bonds is 7. The summed E-state index contributed by atoms with van der Waals surface area (Å²) in [5.74, 6) is 0.565. The Morgan fingerprint density at radius 1 is 0.905 bits per heavy atom. The highest BCUT2D eigenvalue weighted by Gasteiger charge is 2.08. The lowest BCUT2D eigenvalue weighted by Gasteiger charge is -2.17. The molecule has 112 valence electrons. The molecule has 0 aliphatic rings. The second kappa shape index (κ2) is 7.96. The van der Waals surface area contributed by atoms with Crippen LogP contribution in [0.3, 0.4) is 0 Å². The van der Waals surface area contributed by atoms with E-state index in [1.54, 1.807) is 0 Å². The molecule has 0 amide bonds. The van der Waals surface area contributed by atoms with E-state index in [1.807, 2.05) is 18.2 Å². The number of hydrogen-bond acceptors (Lipinski definition) is 2. The Balaban J connectivity index is 1.88. The fraction of sp³-hybridized carbons (Fsp3) is 0.368. The molecule has 0 saturated carbocycles. The van der Waals surface area contributed by atoms with Crippen LogP contribution in [0.5, 0.6) is 0 Å². The summed E-state index contributed by atoms with van der Waals surface area (Å²) >= 11 is 0. The van der Waals surface area contributed by atoms with E-state index in [-0.39, 0.29) is 12.6 Å². The minimum absolute atomic E-state index is 0.0946. The first-order chi connectivity index (χ1) is 10.2. The average Bonchev–Trinajstić information content (AvgIpc) is 2.52. The van der Waals surface area contributed by atoms with Gasteiger partial charge in [-0.05, 0) is 29.0 Å². The molecule has 0 fully saturated rings. The third kappa shape index (κ3) is 5.00. The lowest BCUT2D eigenvalue weighted by Crippen LogP contribution is -2.34. The Morgan fingerprint density at radius 2 is 1.57 bits per heavy atom. The van der Waals surface area contributed by atoms with E-state index < -0.39 is 0 Å². The number of nitrogens with one attached hydrogen (secondary N) is 1. The van der Waals surface area contributed by atoms with Gasteiger partial charge in [-0.1, -0.05) is 68.4 Å². The average molecular weight is 283 g/mol. The lowest BCUT2D eigenvalue weighted by molar-refractivity contribution is 0.241. The largest absolute Gasteiger partial charge is 0.395 e. The maximum absolute atomic E-state index is 9.52. The zero-order valence-corrected chi connectivity index (χ0v) is 12.9. The summed E-state index contributed by atoms with van der Waals surface area (Å²) in [5, 5.41) is 13.0. The first-order valence-electron chi connectivity index (χ1n) is 7.66. The maximum Gasteiger partial charge on any atom is 0.0587 e. The third-order valence-electron chi connectivity index (χ3n) is 3.79. The molecule has 2 rings (SSSR count). The highest BCUT2D eigenvalue weighted by atomic mass is 16.3. The molecule has 2 heteroatoms. The second-order valence-electron chi connectivity index (χ2n) is 5.85. The van der Waals surface area contributed by atoms with Crippen molar-refractivity contribution in [3.63, 3.8) is 0 Å². The predicted molar refractivity (Wildman–Crippen MR) is 88.4 cm³/mol. The molecule has 0 aliphatic heterocycles. The van der Waals surface area contributed by atoms with Crippen molar-refractivity contribution in [1.82, 2.24) is 5.32 Å². The van der Waals surface area contributed by atoms with Gasteiger partial charge in [-0.3, -0.25) is 0 Å². The van der Waals surface area contributed by atoms with Crippen molar-refractivity contribution in [3.8, 4) is 0 Å². The van der Waals surface area contributed by atoms with Gasteiger partial charge in [0.2, 0.25) is 0 Å². The van der Waals surface area contributed by atoms with Crippen LogP contribution in [0.25, 0.3) is 0 Å². The van der Waals surface area contributed by atoms with Gasteiger partial charge in [0.05, 0.1) is 6.61 Å². The van der Waals surface area contributed by atoms with Crippen LogP contribution in [0, 0.1) is 0 Å². The summed E-state index contributed by atoms with van der Waals surface area (Å²) in [4.78, 5) is 0. The van der Waals surface area contributed by atoms with Gasteiger partial charge in [0.25, 0.3) is 0 Å². The fourth-order valence-electron chi connectivity index (χ4n) is 2.38. The summed E-state index contributed by atoms with van der Waals surface area (Å²) in [6, 6.07) is 19.1. The fourth-order valence-corrected chi connectivity index (χ4v) is 2.38. The van der Waals surface area contributed by atoms with Crippen LogP contribution >= 0.6 is 0 Å². The van der Waals surface area contributed by atoms with Crippen molar-refractivity contribution in [1.29, 1.82) is 0 Å². The van der Waals surface area contributed by atoms with Crippen LogP contribution in [0.1, 0.15) is 36.5 Å². The molecule has 0 spiro atoms. The molecule has 2 nitrogen and oxygen atoms in total. The normalized spacial score (nSPS) is 12.6. The SMILES string of the molecule is CC(C)c1ccc(CN[C@@H](CO)Cc2ccccc2)cc1. The minimum Gasteiger partial charge on any atom is -0.395 e. The Hall–Kier alpha value is -1.64. The van der Waals surface area contributed by atoms with Crippen LogP contribution in [0.4, 0.5) is 0 Å². The summed E-state index contributed by atoms with van der Waals surface area (Å²) in [6.45, 7) is 5.35. The smallest absolute Gasteiger partial charge is 0.0587 e. The van der Waals surface area contributed by atoms with Crippen molar-refractivity contribution in [2.75, 3.05) is 6.61 Å². The van der Waals surface area contributed by atoms with Gasteiger partial charge in [0.1, 0.15) is 0 Å². The number of aliphatic hydroxyl groups excluding tert-OH is 1. The van der Waals surface area contributed by atoms with Crippen LogP contribution in [-0.2, 0) is 13.0 Å². The first-order valence-corrected chi connectivity index (χ1v) is 7.66. The zero-order chi connectivity index (χ0) is 15.1. The maximum atomic E-state index is 9.52. The van der Waals surface area contributed by atoms with Crippen LogP contribution < -0.4 is 5.32 Å². The highest BCUT2D eigenvalue weighted by molar-refractivity contribution is 5.24. The van der Waals surface area contributed by atoms with Gasteiger partial charge in [0, 0.05) is 12.6 Å². The highest BCUT2D eigenvalue weighted by Crippen LogP contribution is 2.14. The van der Waals surface area contributed by atoms with Gasteiger partial charge >= 0.3 is 0 Å². The van der Waals surface area contributed by atoms with E-state index in [0.29, 0.717) is 5.92 Å². The number of aliphatic hydroxyl groups is 1. The third-order valence-corrected chi connectivity index (χ3v) is 3.79. The molecule has 21 heavy (non-hydrogen) atoms. The van der Waals surface area contributed by atoms with E-state index in [0.717, 1.165) is 13.0 Å². The van der Waals surface area contributed by atoms with E-state index in [2.05, 4.69) is 55.6 Å². The molecular weight excluding hydrogens is 258 g/mol. The molecule has 0 heterocycles. The molecule has 0 radical (unpaired) electrons. The van der Waals surface area contributed by atoms with Gasteiger partial charge in [0.15, 0.2) is 0 Å². The molecule has 2 aromatic rings. The van der Waals surface area contributed by atoms with Crippen molar-refractivity contribution >= 4 is 0 Å². The van der Waals surface area contributed by atoms with Crippen LogP contribution in [0.2, 0.25) is 0 Å². The Bertz CT molecular complexity index is 519. The number of hydrogen-bond donors (Lipinski definition) is 2. The minimum atomic E-state index is 0.0946. The van der Waals surface area contributed by atoms with Crippen molar-refractivity contribution in [2.45, 2.75) is 38.8 Å². The topological polar surface area (TPSA) is 32.3 Å². The lowest BCUT2D eigenvalue weighted by atomic mass is 10.0. The van der Waals surface area contributed by atoms with Gasteiger partial charge in [-0.25, -0.2) is 0 Å². The van der Waals surface area contributed by atoms with Crippen molar-refractivity contribution in [3.05, 3.63) is 71.3 Å². The van der Waals surface area contributed by atoms with E-state index >= 15 is 0 Å². The molecule has 0 unspecified atom stereocenters. The summed E-state index contributed by atoms with van der Waals surface area (Å²) in [6.07, 6.45) is 0.849. The van der Waals surface area contributed by atoms with Crippen molar-refractivity contribution in [2.24, 2.45) is 0 Å². The molecule has 0 aliphatic carbocycles. The Morgan fingerprint density at radius 3 is 2.14 bits per heavy atom. The van der Waals surface area contributed by atoms with E-state index in [9.17, 15) is 5.11 Å². The second-order valence-corrected chi connectivity index (χ2v) is 5.85.